The maximum Gasteiger partial charge on any atom is 0.0654 e. The van der Waals surface area contributed by atoms with Gasteiger partial charge in [0, 0.05) is 6.61 Å². The summed E-state index contributed by atoms with van der Waals surface area (Å²) in [7, 11) is 0. The highest BCUT2D eigenvalue weighted by atomic mass is 16.5. The molecule has 0 heterocycles. The summed E-state index contributed by atoms with van der Waals surface area (Å²) in [5, 5.41) is 0. The lowest BCUT2D eigenvalue weighted by Gasteiger charge is -2.36. The van der Waals surface area contributed by atoms with E-state index in [-0.39, 0.29) is 5.60 Å². The maximum atomic E-state index is 6.03. The lowest BCUT2D eigenvalue weighted by atomic mass is 9.79. The molecule has 2 atom stereocenters. The van der Waals surface area contributed by atoms with Crippen molar-refractivity contribution in [3.63, 3.8) is 0 Å². The number of unbranched alkanes of at least 4 members (excludes halogenated alkanes) is 5. The summed E-state index contributed by atoms with van der Waals surface area (Å²) in [4.78, 5) is 0. The van der Waals surface area contributed by atoms with Gasteiger partial charge in [0.05, 0.1) is 5.60 Å². The summed E-state index contributed by atoms with van der Waals surface area (Å²) in [6, 6.07) is 0. The van der Waals surface area contributed by atoms with Crippen molar-refractivity contribution in [3.05, 3.63) is 0 Å². The molecule has 2 unspecified atom stereocenters. The van der Waals surface area contributed by atoms with Crippen LogP contribution in [0, 0.1) is 11.8 Å². The van der Waals surface area contributed by atoms with Crippen LogP contribution in [-0.2, 0) is 4.74 Å². The van der Waals surface area contributed by atoms with Crippen LogP contribution in [-0.4, -0.2) is 12.2 Å². The third-order valence-electron chi connectivity index (χ3n) is 4.79. The fraction of sp³-hybridized carbons (Fsp3) is 1.00. The van der Waals surface area contributed by atoms with Crippen LogP contribution >= 0.6 is 0 Å². The van der Waals surface area contributed by atoms with Gasteiger partial charge in [-0.1, -0.05) is 65.7 Å². The van der Waals surface area contributed by atoms with Crippen molar-refractivity contribution in [2.75, 3.05) is 6.61 Å². The van der Waals surface area contributed by atoms with E-state index < -0.39 is 0 Å². The largest absolute Gasteiger partial charge is 0.376 e. The average Bonchev–Trinajstić information content (AvgIpc) is 2.40. The van der Waals surface area contributed by atoms with Crippen molar-refractivity contribution in [2.45, 2.75) is 105 Å². The van der Waals surface area contributed by atoms with Crippen molar-refractivity contribution in [3.8, 4) is 0 Å². The molecule has 0 aliphatic rings. The molecule has 0 amide bonds. The minimum absolute atomic E-state index is 0.0433. The molecule has 1 nitrogen and oxygen atoms in total. The van der Waals surface area contributed by atoms with Gasteiger partial charge < -0.3 is 4.74 Å². The molecule has 0 radical (unpaired) electrons. The van der Waals surface area contributed by atoms with Gasteiger partial charge in [-0.3, -0.25) is 0 Å². The predicted octanol–water partition coefficient (Wildman–Crippen LogP) is 6.60. The molecule has 122 valence electrons. The zero-order valence-corrected chi connectivity index (χ0v) is 15.1. The minimum atomic E-state index is 0.0433. The van der Waals surface area contributed by atoms with Crippen molar-refractivity contribution in [1.29, 1.82) is 0 Å². The maximum absolute atomic E-state index is 6.03. The molecular formula is C19H40O. The molecule has 0 aliphatic carbocycles. The molecular weight excluding hydrogens is 244 g/mol. The van der Waals surface area contributed by atoms with E-state index in [9.17, 15) is 0 Å². The van der Waals surface area contributed by atoms with Crippen LogP contribution in [0.4, 0.5) is 0 Å². The standard InChI is InChI=1S/C19H40O/c1-7-10-11-12-13-14-15-18(16-17(4)8-2)19(5,6)20-9-3/h17-18H,7-16H2,1-6H3. The van der Waals surface area contributed by atoms with Gasteiger partial charge in [-0.2, -0.15) is 0 Å². The van der Waals surface area contributed by atoms with Gasteiger partial charge in [0.1, 0.15) is 0 Å². The van der Waals surface area contributed by atoms with Gasteiger partial charge in [0.15, 0.2) is 0 Å². The Morgan fingerprint density at radius 1 is 0.900 bits per heavy atom. The highest BCUT2D eigenvalue weighted by Crippen LogP contribution is 2.33. The normalized spacial score (nSPS) is 15.3. The fourth-order valence-electron chi connectivity index (χ4n) is 3.06. The lowest BCUT2D eigenvalue weighted by molar-refractivity contribution is -0.0637. The van der Waals surface area contributed by atoms with Crippen LogP contribution in [0.1, 0.15) is 99.3 Å². The molecule has 20 heavy (non-hydrogen) atoms. The third-order valence-corrected chi connectivity index (χ3v) is 4.79. The molecule has 0 aromatic carbocycles. The quantitative estimate of drug-likeness (QED) is 0.346. The first-order valence-corrected chi connectivity index (χ1v) is 9.11. The van der Waals surface area contributed by atoms with Crippen molar-refractivity contribution in [2.24, 2.45) is 11.8 Å². The Hall–Kier alpha value is -0.0400. The second-order valence-electron chi connectivity index (χ2n) is 7.04. The monoisotopic (exact) mass is 284 g/mol. The zero-order chi connectivity index (χ0) is 15.4. The first-order chi connectivity index (χ1) is 9.47. The van der Waals surface area contributed by atoms with E-state index in [2.05, 4.69) is 41.5 Å². The summed E-state index contributed by atoms with van der Waals surface area (Å²) in [6.07, 6.45) is 12.3. The number of ether oxygens (including phenoxy) is 1. The molecule has 0 fully saturated rings. The first-order valence-electron chi connectivity index (χ1n) is 9.11. The third kappa shape index (κ3) is 9.00. The zero-order valence-electron chi connectivity index (χ0n) is 15.1. The molecule has 0 saturated heterocycles. The van der Waals surface area contributed by atoms with Crippen molar-refractivity contribution >= 4 is 0 Å². The van der Waals surface area contributed by atoms with E-state index >= 15 is 0 Å². The Morgan fingerprint density at radius 3 is 2.05 bits per heavy atom. The van der Waals surface area contributed by atoms with E-state index in [1.54, 1.807) is 0 Å². The van der Waals surface area contributed by atoms with Crippen LogP contribution in [0.5, 0.6) is 0 Å². The minimum Gasteiger partial charge on any atom is -0.376 e. The number of hydrogen-bond acceptors (Lipinski definition) is 1. The summed E-state index contributed by atoms with van der Waals surface area (Å²) in [6.45, 7) is 14.5. The summed E-state index contributed by atoms with van der Waals surface area (Å²) in [5.74, 6) is 1.53. The molecule has 0 aromatic heterocycles. The van der Waals surface area contributed by atoms with E-state index in [0.29, 0.717) is 5.92 Å². The second kappa shape index (κ2) is 11.6. The Kier molecular flexibility index (Phi) is 11.6. The van der Waals surface area contributed by atoms with Crippen molar-refractivity contribution in [1.82, 2.24) is 0 Å². The Labute approximate surface area is 128 Å². The van der Waals surface area contributed by atoms with E-state index in [0.717, 1.165) is 12.5 Å². The van der Waals surface area contributed by atoms with Gasteiger partial charge in [0.2, 0.25) is 0 Å². The van der Waals surface area contributed by atoms with E-state index in [1.165, 1.54) is 57.8 Å². The number of rotatable bonds is 13. The van der Waals surface area contributed by atoms with Crippen LogP contribution in [0.15, 0.2) is 0 Å². The van der Waals surface area contributed by atoms with E-state index in [4.69, 9.17) is 4.74 Å². The SMILES string of the molecule is CCCCCCCCC(CC(C)CC)C(C)(C)OCC. The molecule has 0 aromatic rings. The smallest absolute Gasteiger partial charge is 0.0654 e. The van der Waals surface area contributed by atoms with Crippen LogP contribution in [0.2, 0.25) is 0 Å². The van der Waals surface area contributed by atoms with Crippen molar-refractivity contribution < 1.29 is 4.74 Å². The summed E-state index contributed by atoms with van der Waals surface area (Å²) < 4.78 is 6.03. The van der Waals surface area contributed by atoms with Gasteiger partial charge in [0.25, 0.3) is 0 Å². The Balaban J connectivity index is 4.18. The molecule has 1 heteroatoms. The van der Waals surface area contributed by atoms with Gasteiger partial charge in [-0.15, -0.1) is 0 Å². The van der Waals surface area contributed by atoms with Gasteiger partial charge in [-0.25, -0.2) is 0 Å². The lowest BCUT2D eigenvalue weighted by Crippen LogP contribution is -2.35. The van der Waals surface area contributed by atoms with Crippen LogP contribution < -0.4 is 0 Å². The summed E-state index contributed by atoms with van der Waals surface area (Å²) in [5.41, 5.74) is 0.0433. The number of hydrogen-bond donors (Lipinski definition) is 0. The highest BCUT2D eigenvalue weighted by molar-refractivity contribution is 4.81. The van der Waals surface area contributed by atoms with Crippen LogP contribution in [0.25, 0.3) is 0 Å². The molecule has 0 saturated carbocycles. The molecule has 0 rings (SSSR count). The fourth-order valence-corrected chi connectivity index (χ4v) is 3.06. The van der Waals surface area contributed by atoms with Gasteiger partial charge in [-0.05, 0) is 45.4 Å². The van der Waals surface area contributed by atoms with E-state index in [1.807, 2.05) is 0 Å². The van der Waals surface area contributed by atoms with Crippen LogP contribution in [0.3, 0.4) is 0 Å². The summed E-state index contributed by atoms with van der Waals surface area (Å²) >= 11 is 0. The molecule has 0 bridgehead atoms. The second-order valence-corrected chi connectivity index (χ2v) is 7.04. The molecule has 0 aliphatic heterocycles. The first kappa shape index (κ1) is 20.0. The Bertz CT molecular complexity index is 210. The highest BCUT2D eigenvalue weighted by Gasteiger charge is 2.30. The molecule has 0 spiro atoms. The van der Waals surface area contributed by atoms with Gasteiger partial charge >= 0.3 is 0 Å². The Morgan fingerprint density at radius 2 is 1.50 bits per heavy atom. The topological polar surface area (TPSA) is 9.23 Å². The molecule has 0 N–H and O–H groups in total. The predicted molar refractivity (Wildman–Crippen MR) is 91.3 cm³/mol. The average molecular weight is 285 g/mol.